The average molecular weight is 1700 g/mol. The van der Waals surface area contributed by atoms with E-state index in [1.165, 1.54) is 139 Å². The first-order valence-corrected chi connectivity index (χ1v) is 40.7. The first-order valence-electron chi connectivity index (χ1n) is 40.7. The number of aliphatic hydroxyl groups is 2. The molecule has 7 N–H and O–H groups in total. The number of carbonyl (C=O) groups excluding carboxylic acids is 4. The highest BCUT2D eigenvalue weighted by Gasteiger charge is 2.49. The summed E-state index contributed by atoms with van der Waals surface area (Å²) in [6.45, 7) is 0. The van der Waals surface area contributed by atoms with Crippen molar-refractivity contribution in [3.63, 3.8) is 0 Å². The molecule has 125 heavy (non-hydrogen) atoms. The predicted molar refractivity (Wildman–Crippen MR) is 461 cm³/mol. The van der Waals surface area contributed by atoms with E-state index in [0.29, 0.717) is 118 Å². The van der Waals surface area contributed by atoms with E-state index in [2.05, 4.69) is 0 Å². The Morgan fingerprint density at radius 2 is 0.560 bits per heavy atom. The normalized spacial score (nSPS) is 18.6. The Bertz CT molecular complexity index is 5410. The Balaban J connectivity index is 0.000000143. The molecule has 12 aromatic carbocycles. The second-order valence-corrected chi connectivity index (χ2v) is 30.1. The molecule has 0 aliphatic carbocycles. The van der Waals surface area contributed by atoms with Gasteiger partial charge in [-0.2, -0.15) is 0 Å². The number of aryl methyl sites for hydroxylation is 2. The summed E-state index contributed by atoms with van der Waals surface area (Å²) < 4.78 is 91.0. The minimum atomic E-state index is -0.842. The topological polar surface area (TPSA) is 287 Å². The van der Waals surface area contributed by atoms with Crippen molar-refractivity contribution in [3.05, 3.63) is 359 Å². The molecule has 0 spiro atoms. The summed E-state index contributed by atoms with van der Waals surface area (Å²) in [5.41, 5.74) is 7.98. The lowest BCUT2D eigenvalue weighted by Crippen LogP contribution is -2.29. The fourth-order valence-electron chi connectivity index (χ4n) is 15.9. The SMILES string of the molecule is COc1ccc([C@@H]2[C@@H](CCC(O)c3ccc(F)cc3)OC(=O)N2c2ccccc2)c(O)c1.COc1ccc([C@@H]2[C@@H](CCCc3ccc(F)cc3)OC(=O)N2c2ccccc2)c(O)c1.COc1ccc([C@@H]2[C@@H](CC[C@H](O)c3ccc(F)cc3)OC(=O)N2c2ccccc2)c(O)c1.O=C1OC(CCCc2ccc(F)cc2)C(c2ccc(O)cc2O)N1c1ccccc1. The van der Waals surface area contributed by atoms with Gasteiger partial charge in [-0.15, -0.1) is 0 Å². The number of phenols is 5. The highest BCUT2D eigenvalue weighted by Crippen LogP contribution is 2.49. The lowest BCUT2D eigenvalue weighted by molar-refractivity contribution is 0.100. The Morgan fingerprint density at radius 3 is 0.816 bits per heavy atom. The summed E-state index contributed by atoms with van der Waals surface area (Å²) in [4.78, 5) is 57.4. The van der Waals surface area contributed by atoms with Crippen LogP contribution in [0.5, 0.6) is 46.0 Å². The van der Waals surface area contributed by atoms with Gasteiger partial charge >= 0.3 is 24.4 Å². The van der Waals surface area contributed by atoms with Crippen LogP contribution in [0.25, 0.3) is 0 Å². The van der Waals surface area contributed by atoms with Gasteiger partial charge in [0.1, 0.15) is 118 Å². The maximum Gasteiger partial charge on any atom is 0.415 e. The van der Waals surface area contributed by atoms with Gasteiger partial charge in [-0.1, -0.05) is 121 Å². The summed E-state index contributed by atoms with van der Waals surface area (Å²) in [5.74, 6) is 0.0961. The summed E-state index contributed by atoms with van der Waals surface area (Å²) >= 11 is 0. The number of hydrogen-bond acceptors (Lipinski definition) is 18. The zero-order chi connectivity index (χ0) is 88.2. The minimum absolute atomic E-state index is 0.0161. The van der Waals surface area contributed by atoms with Gasteiger partial charge < -0.3 is 68.9 Å². The molecule has 0 radical (unpaired) electrons. The number of ether oxygens (including phenoxy) is 7. The molecule has 0 bridgehead atoms. The molecule has 26 heteroatoms. The fraction of sp³-hybridized carbons (Fsp3) is 0.232. The summed E-state index contributed by atoms with van der Waals surface area (Å²) in [7, 11) is 4.55. The largest absolute Gasteiger partial charge is 0.508 e. The van der Waals surface area contributed by atoms with E-state index in [0.717, 1.165) is 30.4 Å². The standard InChI is InChI=1S/2C25H24FNO5.C25H24FNO4.C24H22FNO4/c2*1-31-19-11-12-20(22(29)15-19)24-23(14-13-21(28)16-7-9-17(26)10-8-16)32-25(30)27(24)18-5-3-2-4-6-18;1-30-20-14-15-21(22(28)16-20)24-23(9-5-6-17-10-12-18(26)13-11-17)31-25(29)27(24)19-7-3-2-4-8-19;25-17-11-9-16(10-12-17)5-4-8-22-23(20-14-13-19(27)15-21(20)28)26(24(29)30-22)18-6-2-1-3-7-18/h2*2-12,15,21,23-24,28-29H,13-14H2,1H3;2-4,7-8,10-16,23-24,28H,5-6,9H2,1H3;1-3,6-7,9-15,22-23,27-28H,4-5,8H2/t21?,23-,24-;21-,23+,24+;23-,24-;/m101./s1. The van der Waals surface area contributed by atoms with Crippen molar-refractivity contribution in [1.82, 2.24) is 0 Å². The van der Waals surface area contributed by atoms with Gasteiger partial charge in [0, 0.05) is 69.3 Å². The minimum Gasteiger partial charge on any atom is -0.508 e. The van der Waals surface area contributed by atoms with Gasteiger partial charge in [-0.25, -0.2) is 36.7 Å². The molecule has 0 saturated carbocycles. The second-order valence-electron chi connectivity index (χ2n) is 30.1. The van der Waals surface area contributed by atoms with E-state index in [4.69, 9.17) is 33.2 Å². The summed E-state index contributed by atoms with van der Waals surface area (Å²) in [5, 5.41) is 73.3. The molecule has 3 unspecified atom stereocenters. The molecule has 4 aliphatic rings. The quantitative estimate of drug-likeness (QED) is 0.0186. The third-order valence-corrected chi connectivity index (χ3v) is 22.1. The number of cyclic esters (lactones) is 4. The Morgan fingerprint density at radius 1 is 0.312 bits per heavy atom. The van der Waals surface area contributed by atoms with Crippen LogP contribution in [-0.2, 0) is 31.8 Å². The second kappa shape index (κ2) is 41.6. The third-order valence-electron chi connectivity index (χ3n) is 22.1. The lowest BCUT2D eigenvalue weighted by Gasteiger charge is -2.26. The van der Waals surface area contributed by atoms with Crippen LogP contribution in [0.15, 0.2) is 291 Å². The zero-order valence-corrected chi connectivity index (χ0v) is 68.5. The van der Waals surface area contributed by atoms with Gasteiger partial charge in [0.15, 0.2) is 0 Å². The zero-order valence-electron chi connectivity index (χ0n) is 68.5. The van der Waals surface area contributed by atoms with Crippen LogP contribution in [0.1, 0.15) is 132 Å². The van der Waals surface area contributed by atoms with Gasteiger partial charge in [0.05, 0.1) is 33.5 Å². The van der Waals surface area contributed by atoms with Crippen molar-refractivity contribution in [2.24, 2.45) is 0 Å². The molecule has 4 heterocycles. The number of anilines is 4. The number of halogens is 4. The van der Waals surface area contributed by atoms with Crippen LogP contribution in [-0.4, -0.2) is 106 Å². The number of benzene rings is 12. The number of para-hydroxylation sites is 4. The van der Waals surface area contributed by atoms with E-state index in [1.807, 2.05) is 97.1 Å². The Kier molecular flexibility index (Phi) is 29.4. The number of hydrogen-bond donors (Lipinski definition) is 7. The smallest absolute Gasteiger partial charge is 0.415 e. The number of rotatable bonds is 27. The van der Waals surface area contributed by atoms with Crippen LogP contribution in [0, 0.1) is 23.3 Å². The van der Waals surface area contributed by atoms with Gasteiger partial charge in [0.2, 0.25) is 0 Å². The summed E-state index contributed by atoms with van der Waals surface area (Å²) in [6, 6.07) is 77.7. The number of nitrogens with zero attached hydrogens (tertiary/aromatic N) is 4. The number of amides is 4. The van der Waals surface area contributed by atoms with Crippen LogP contribution in [0.2, 0.25) is 0 Å². The van der Waals surface area contributed by atoms with E-state index in [1.54, 1.807) is 95.9 Å². The molecular formula is C99H94F4N4O18. The van der Waals surface area contributed by atoms with E-state index < -0.39 is 85.2 Å². The van der Waals surface area contributed by atoms with E-state index in [-0.39, 0.29) is 52.0 Å². The van der Waals surface area contributed by atoms with Gasteiger partial charge in [-0.05, 0) is 232 Å². The van der Waals surface area contributed by atoms with E-state index >= 15 is 0 Å². The van der Waals surface area contributed by atoms with Crippen molar-refractivity contribution < 1.29 is 106 Å². The third kappa shape index (κ3) is 21.8. The number of phenolic OH excluding ortho intramolecular Hbond substituents is 5. The number of methoxy groups -OCH3 is 3. The van der Waals surface area contributed by atoms with Crippen molar-refractivity contribution >= 4 is 47.1 Å². The van der Waals surface area contributed by atoms with Crippen molar-refractivity contribution in [2.75, 3.05) is 40.9 Å². The van der Waals surface area contributed by atoms with E-state index in [9.17, 15) is 72.5 Å². The lowest BCUT2D eigenvalue weighted by atomic mass is 9.94. The number of aromatic hydroxyl groups is 5. The molecule has 16 rings (SSSR count). The van der Waals surface area contributed by atoms with Gasteiger partial charge in [0.25, 0.3) is 0 Å². The molecule has 4 aliphatic heterocycles. The molecule has 0 aromatic heterocycles. The monoisotopic (exact) mass is 1700 g/mol. The molecule has 646 valence electrons. The highest BCUT2D eigenvalue weighted by atomic mass is 19.1. The molecule has 4 saturated heterocycles. The van der Waals surface area contributed by atoms with Crippen LogP contribution >= 0.6 is 0 Å². The van der Waals surface area contributed by atoms with Crippen LogP contribution in [0.4, 0.5) is 59.5 Å². The maximum absolute atomic E-state index is 13.2. The summed E-state index contributed by atoms with van der Waals surface area (Å²) in [6.07, 6.45) is -0.465. The highest BCUT2D eigenvalue weighted by molar-refractivity contribution is 5.94. The molecule has 12 aromatic rings. The maximum atomic E-state index is 13.2. The van der Waals surface area contributed by atoms with Crippen molar-refractivity contribution in [1.29, 1.82) is 0 Å². The Hall–Kier alpha value is -14.2. The van der Waals surface area contributed by atoms with Crippen molar-refractivity contribution in [2.45, 2.75) is 125 Å². The molecule has 4 fully saturated rings. The number of carbonyl (C=O) groups is 4. The average Bonchev–Trinajstić information content (AvgIpc) is 1.64. The van der Waals surface area contributed by atoms with Crippen molar-refractivity contribution in [3.8, 4) is 46.0 Å². The molecule has 10 atom stereocenters. The fourth-order valence-corrected chi connectivity index (χ4v) is 15.9. The van der Waals surface area contributed by atoms with Crippen LogP contribution in [0.3, 0.4) is 0 Å². The predicted octanol–water partition coefficient (Wildman–Crippen LogP) is 21.2. The first kappa shape index (κ1) is 88.5. The number of aliphatic hydroxyl groups excluding tert-OH is 2. The Labute approximate surface area is 720 Å². The van der Waals surface area contributed by atoms with Gasteiger partial charge in [-0.3, -0.25) is 19.6 Å². The molecular weight excluding hydrogens is 1610 g/mol. The molecule has 22 nitrogen and oxygen atoms in total. The first-order chi connectivity index (χ1) is 60.5. The molecule has 4 amide bonds. The van der Waals surface area contributed by atoms with Crippen LogP contribution < -0.4 is 33.8 Å².